The Morgan fingerprint density at radius 3 is 2.95 bits per heavy atom. The van der Waals surface area contributed by atoms with Crippen LogP contribution in [0, 0.1) is 6.07 Å². The SMILES string of the molecule is COCC(C)Nc1ncc2[c]cc(C3CCC(O)CC3)n2n1. The number of aliphatic hydroxyl groups excluding tert-OH is 1. The molecule has 0 bridgehead atoms. The molecule has 0 saturated heterocycles. The number of ether oxygens (including phenoxy) is 1. The quantitative estimate of drug-likeness (QED) is 0.884. The van der Waals surface area contributed by atoms with E-state index < -0.39 is 0 Å². The molecule has 2 N–H and O–H groups in total. The zero-order chi connectivity index (χ0) is 15.5. The average Bonchev–Trinajstić information content (AvgIpc) is 2.91. The number of fused-ring (bicyclic) bond motifs is 1. The fourth-order valence-electron chi connectivity index (χ4n) is 3.10. The van der Waals surface area contributed by atoms with Gasteiger partial charge in [-0.25, -0.2) is 9.50 Å². The molecule has 1 radical (unpaired) electrons. The molecule has 1 fully saturated rings. The summed E-state index contributed by atoms with van der Waals surface area (Å²) in [6, 6.07) is 5.38. The van der Waals surface area contributed by atoms with Gasteiger partial charge >= 0.3 is 0 Å². The van der Waals surface area contributed by atoms with Crippen molar-refractivity contribution in [2.45, 2.75) is 50.7 Å². The number of anilines is 1. The predicted molar refractivity (Wildman–Crippen MR) is 84.0 cm³/mol. The van der Waals surface area contributed by atoms with Crippen LogP contribution < -0.4 is 5.32 Å². The second kappa shape index (κ2) is 6.62. The highest BCUT2D eigenvalue weighted by molar-refractivity contribution is 5.47. The Hall–Kier alpha value is -1.66. The molecule has 2 aromatic rings. The van der Waals surface area contributed by atoms with E-state index in [1.165, 1.54) is 0 Å². The van der Waals surface area contributed by atoms with Crippen LogP contribution in [0.25, 0.3) is 5.52 Å². The summed E-state index contributed by atoms with van der Waals surface area (Å²) in [5.74, 6) is 1.03. The first-order valence-corrected chi connectivity index (χ1v) is 7.87. The molecule has 1 unspecified atom stereocenters. The summed E-state index contributed by atoms with van der Waals surface area (Å²) < 4.78 is 7.05. The van der Waals surface area contributed by atoms with Gasteiger partial charge in [-0.3, -0.25) is 0 Å². The van der Waals surface area contributed by atoms with Gasteiger partial charge in [-0.2, -0.15) is 0 Å². The third-order valence-corrected chi connectivity index (χ3v) is 4.25. The van der Waals surface area contributed by atoms with Crippen molar-refractivity contribution in [3.8, 4) is 0 Å². The zero-order valence-corrected chi connectivity index (χ0v) is 13.1. The van der Waals surface area contributed by atoms with Crippen LogP contribution in [0.15, 0.2) is 12.3 Å². The zero-order valence-electron chi connectivity index (χ0n) is 13.1. The van der Waals surface area contributed by atoms with Gasteiger partial charge in [0.25, 0.3) is 0 Å². The Labute approximate surface area is 130 Å². The van der Waals surface area contributed by atoms with E-state index >= 15 is 0 Å². The first-order valence-electron chi connectivity index (χ1n) is 7.87. The van der Waals surface area contributed by atoms with Crippen molar-refractivity contribution < 1.29 is 9.84 Å². The first kappa shape index (κ1) is 15.2. The normalized spacial score (nSPS) is 23.6. The maximum Gasteiger partial charge on any atom is 0.241 e. The summed E-state index contributed by atoms with van der Waals surface area (Å²) in [6.45, 7) is 2.63. The third-order valence-electron chi connectivity index (χ3n) is 4.25. The Bertz CT molecular complexity index is 620. The molecule has 2 heterocycles. The molecule has 3 rings (SSSR count). The molecule has 0 aromatic carbocycles. The fourth-order valence-corrected chi connectivity index (χ4v) is 3.10. The number of aromatic nitrogens is 3. The first-order chi connectivity index (χ1) is 10.7. The third kappa shape index (κ3) is 3.23. The molecule has 0 amide bonds. The van der Waals surface area contributed by atoms with E-state index in [9.17, 15) is 5.11 Å². The highest BCUT2D eigenvalue weighted by Gasteiger charge is 2.23. The lowest BCUT2D eigenvalue weighted by molar-refractivity contribution is 0.121. The monoisotopic (exact) mass is 303 g/mol. The van der Waals surface area contributed by atoms with Crippen LogP contribution in [0.4, 0.5) is 5.95 Å². The highest BCUT2D eigenvalue weighted by Crippen LogP contribution is 2.33. The minimum Gasteiger partial charge on any atom is -0.393 e. The molecule has 1 aliphatic rings. The van der Waals surface area contributed by atoms with Crippen LogP contribution in [0.3, 0.4) is 0 Å². The summed E-state index contributed by atoms with van der Waals surface area (Å²) in [5.41, 5.74) is 2.04. The smallest absolute Gasteiger partial charge is 0.241 e. The minimum atomic E-state index is -0.145. The molecule has 22 heavy (non-hydrogen) atoms. The summed E-state index contributed by atoms with van der Waals surface area (Å²) in [7, 11) is 1.68. The Balaban J connectivity index is 1.82. The summed E-state index contributed by atoms with van der Waals surface area (Å²) in [4.78, 5) is 4.33. The number of nitrogens with zero attached hydrogens (tertiary/aromatic N) is 3. The van der Waals surface area contributed by atoms with Gasteiger partial charge in [0.1, 0.15) is 0 Å². The largest absolute Gasteiger partial charge is 0.393 e. The molecule has 6 heteroatoms. The number of hydrogen-bond acceptors (Lipinski definition) is 5. The predicted octanol–water partition coefficient (Wildman–Crippen LogP) is 1.99. The Morgan fingerprint density at radius 2 is 2.23 bits per heavy atom. The van der Waals surface area contributed by atoms with E-state index in [0.29, 0.717) is 18.5 Å². The van der Waals surface area contributed by atoms with Crippen LogP contribution >= 0.6 is 0 Å². The number of hydrogen-bond donors (Lipinski definition) is 2. The summed E-state index contributed by atoms with van der Waals surface area (Å²) in [6.07, 6.45) is 5.35. The second-order valence-electron chi connectivity index (χ2n) is 6.10. The van der Waals surface area contributed by atoms with Gasteiger partial charge in [0.05, 0.1) is 24.4 Å². The molecular formula is C16H23N4O2. The standard InChI is InChI=1S/C16H23N4O2/c1-11(10-22-2)18-16-17-9-13-5-8-15(20(13)19-16)12-3-6-14(21)7-4-12/h8-9,11-12,14,21H,3-4,6-7,10H2,1-2H3,(H,18,19). The molecular weight excluding hydrogens is 280 g/mol. The van der Waals surface area contributed by atoms with Gasteiger partial charge in [-0.1, -0.05) is 0 Å². The van der Waals surface area contributed by atoms with Crippen LogP contribution in [-0.4, -0.2) is 45.6 Å². The van der Waals surface area contributed by atoms with Crippen molar-refractivity contribution in [3.05, 3.63) is 24.0 Å². The van der Waals surface area contributed by atoms with E-state index in [1.54, 1.807) is 13.3 Å². The molecule has 6 nitrogen and oxygen atoms in total. The van der Waals surface area contributed by atoms with Crippen LogP contribution in [0.5, 0.6) is 0 Å². The maximum absolute atomic E-state index is 9.67. The van der Waals surface area contributed by atoms with Gasteiger partial charge in [0.15, 0.2) is 0 Å². The topological polar surface area (TPSA) is 71.7 Å². The minimum absolute atomic E-state index is 0.145. The van der Waals surface area contributed by atoms with Gasteiger partial charge in [-0.15, -0.1) is 5.10 Å². The van der Waals surface area contributed by atoms with Gasteiger partial charge < -0.3 is 15.2 Å². The van der Waals surface area contributed by atoms with Gasteiger partial charge in [0.2, 0.25) is 5.95 Å². The molecule has 0 spiro atoms. The lowest BCUT2D eigenvalue weighted by Gasteiger charge is -2.25. The van der Waals surface area contributed by atoms with E-state index in [1.807, 2.05) is 17.5 Å². The molecule has 1 saturated carbocycles. The van der Waals surface area contributed by atoms with E-state index in [4.69, 9.17) is 4.74 Å². The highest BCUT2D eigenvalue weighted by atomic mass is 16.5. The Morgan fingerprint density at radius 1 is 1.45 bits per heavy atom. The number of aliphatic hydroxyl groups is 1. The van der Waals surface area contributed by atoms with E-state index in [-0.39, 0.29) is 12.1 Å². The van der Waals surface area contributed by atoms with Crippen molar-refractivity contribution in [1.82, 2.24) is 14.6 Å². The molecule has 0 aliphatic heterocycles. The number of nitrogens with one attached hydrogen (secondary N) is 1. The van der Waals surface area contributed by atoms with Crippen LogP contribution in [-0.2, 0) is 4.74 Å². The van der Waals surface area contributed by atoms with Crippen molar-refractivity contribution in [1.29, 1.82) is 0 Å². The number of rotatable bonds is 5. The van der Waals surface area contributed by atoms with E-state index in [0.717, 1.165) is 36.9 Å². The maximum atomic E-state index is 9.67. The van der Waals surface area contributed by atoms with Crippen molar-refractivity contribution in [3.63, 3.8) is 0 Å². The van der Waals surface area contributed by atoms with Crippen molar-refractivity contribution in [2.75, 3.05) is 19.0 Å². The van der Waals surface area contributed by atoms with Crippen molar-refractivity contribution >= 4 is 11.5 Å². The van der Waals surface area contributed by atoms with E-state index in [2.05, 4.69) is 21.5 Å². The summed E-state index contributed by atoms with van der Waals surface area (Å²) in [5, 5.41) is 17.5. The Kier molecular flexibility index (Phi) is 4.59. The van der Waals surface area contributed by atoms with Crippen LogP contribution in [0.1, 0.15) is 44.2 Å². The molecule has 119 valence electrons. The lowest BCUT2D eigenvalue weighted by atomic mass is 9.85. The van der Waals surface area contributed by atoms with Gasteiger partial charge in [0, 0.05) is 30.8 Å². The molecule has 2 aromatic heterocycles. The molecule has 1 aliphatic carbocycles. The molecule has 1 atom stereocenters. The lowest BCUT2D eigenvalue weighted by Crippen LogP contribution is -2.23. The van der Waals surface area contributed by atoms with Gasteiger partial charge in [-0.05, 0) is 38.7 Å². The number of methoxy groups -OCH3 is 1. The van der Waals surface area contributed by atoms with Crippen LogP contribution in [0.2, 0.25) is 0 Å². The average molecular weight is 303 g/mol. The second-order valence-corrected chi connectivity index (χ2v) is 6.10. The van der Waals surface area contributed by atoms with Crippen molar-refractivity contribution in [2.24, 2.45) is 0 Å². The fraction of sp³-hybridized carbons (Fsp3) is 0.625. The summed E-state index contributed by atoms with van der Waals surface area (Å²) >= 11 is 0.